The van der Waals surface area contributed by atoms with Gasteiger partial charge in [0.1, 0.15) is 0 Å². The highest BCUT2D eigenvalue weighted by atomic mass is 35.5. The second kappa shape index (κ2) is 3.95. The van der Waals surface area contributed by atoms with Crippen LogP contribution in [0.2, 0.25) is 0 Å². The molecule has 1 N–H and O–H groups in total. The first-order valence-corrected chi connectivity index (χ1v) is 4.64. The number of rotatable bonds is 2. The zero-order valence-electron chi connectivity index (χ0n) is 7.64. The average Bonchev–Trinajstić information content (AvgIpc) is 2.45. The van der Waals surface area contributed by atoms with Gasteiger partial charge in [-0.1, -0.05) is 6.42 Å². The molecule has 2 nitrogen and oxygen atoms in total. The first-order valence-electron chi connectivity index (χ1n) is 4.64. The van der Waals surface area contributed by atoms with Crippen LogP contribution in [0.5, 0.6) is 0 Å². The van der Waals surface area contributed by atoms with Gasteiger partial charge in [0.05, 0.1) is 6.10 Å². The van der Waals surface area contributed by atoms with Crippen molar-refractivity contribution >= 4 is 12.4 Å². The highest BCUT2D eigenvalue weighted by Gasteiger charge is 2.46. The van der Waals surface area contributed by atoms with Crippen molar-refractivity contribution in [1.82, 2.24) is 5.32 Å². The normalized spacial score (nSPS) is 39.2. The molecule has 0 aromatic carbocycles. The van der Waals surface area contributed by atoms with Crippen LogP contribution in [0.15, 0.2) is 0 Å². The molecule has 0 aromatic heterocycles. The molecule has 0 amide bonds. The molecule has 72 valence electrons. The average molecular weight is 192 g/mol. The van der Waals surface area contributed by atoms with Gasteiger partial charge in [-0.15, -0.1) is 12.4 Å². The van der Waals surface area contributed by atoms with Crippen molar-refractivity contribution in [2.45, 2.75) is 31.8 Å². The lowest BCUT2D eigenvalue weighted by Crippen LogP contribution is -2.35. The highest BCUT2D eigenvalue weighted by molar-refractivity contribution is 5.85. The molecule has 1 saturated heterocycles. The molecule has 1 aliphatic heterocycles. The lowest BCUT2D eigenvalue weighted by atomic mass is 9.83. The standard InChI is InChI=1S/C9H17NO.ClH/c1-10-7-9-4-2-3-8(9)11-6-5-9;/h8,10H,2-7H2,1H3;1H/t8-,9-;/m1./s1. The molecular weight excluding hydrogens is 174 g/mol. The van der Waals surface area contributed by atoms with Gasteiger partial charge in [0.2, 0.25) is 0 Å². The van der Waals surface area contributed by atoms with E-state index in [9.17, 15) is 0 Å². The van der Waals surface area contributed by atoms with Crippen LogP contribution in [0.1, 0.15) is 25.7 Å². The summed E-state index contributed by atoms with van der Waals surface area (Å²) in [6, 6.07) is 0. The van der Waals surface area contributed by atoms with Crippen LogP contribution in [0.25, 0.3) is 0 Å². The summed E-state index contributed by atoms with van der Waals surface area (Å²) < 4.78 is 5.69. The van der Waals surface area contributed by atoms with Gasteiger partial charge in [-0.05, 0) is 26.3 Å². The summed E-state index contributed by atoms with van der Waals surface area (Å²) in [7, 11) is 2.04. The molecule has 1 aliphatic carbocycles. The quantitative estimate of drug-likeness (QED) is 0.716. The van der Waals surface area contributed by atoms with Crippen molar-refractivity contribution in [2.24, 2.45) is 5.41 Å². The van der Waals surface area contributed by atoms with Gasteiger partial charge in [-0.3, -0.25) is 0 Å². The van der Waals surface area contributed by atoms with E-state index in [1.807, 2.05) is 7.05 Å². The fourth-order valence-corrected chi connectivity index (χ4v) is 2.70. The highest BCUT2D eigenvalue weighted by Crippen LogP contribution is 2.46. The molecule has 2 atom stereocenters. The Bertz CT molecular complexity index is 141. The van der Waals surface area contributed by atoms with Crippen molar-refractivity contribution in [3.8, 4) is 0 Å². The van der Waals surface area contributed by atoms with Crippen molar-refractivity contribution in [3.05, 3.63) is 0 Å². The van der Waals surface area contributed by atoms with Crippen LogP contribution in [0.4, 0.5) is 0 Å². The van der Waals surface area contributed by atoms with E-state index in [0.717, 1.165) is 13.2 Å². The Morgan fingerprint density at radius 1 is 1.50 bits per heavy atom. The molecule has 0 radical (unpaired) electrons. The van der Waals surface area contributed by atoms with Gasteiger partial charge in [-0.2, -0.15) is 0 Å². The Labute approximate surface area is 80.5 Å². The van der Waals surface area contributed by atoms with Crippen LogP contribution >= 0.6 is 12.4 Å². The monoisotopic (exact) mass is 191 g/mol. The fraction of sp³-hybridized carbons (Fsp3) is 1.00. The van der Waals surface area contributed by atoms with Gasteiger partial charge in [0, 0.05) is 18.6 Å². The Balaban J connectivity index is 0.000000720. The fourth-order valence-electron chi connectivity index (χ4n) is 2.70. The molecule has 2 rings (SSSR count). The number of ether oxygens (including phenoxy) is 1. The first-order chi connectivity index (χ1) is 5.37. The van der Waals surface area contributed by atoms with Crippen LogP contribution in [0, 0.1) is 5.41 Å². The van der Waals surface area contributed by atoms with E-state index in [2.05, 4.69) is 5.32 Å². The number of hydrogen-bond acceptors (Lipinski definition) is 2. The Hall–Kier alpha value is 0.210. The second-order valence-electron chi connectivity index (χ2n) is 3.89. The predicted molar refractivity (Wildman–Crippen MR) is 51.8 cm³/mol. The molecule has 0 spiro atoms. The number of fused-ring (bicyclic) bond motifs is 1. The molecule has 0 unspecified atom stereocenters. The maximum Gasteiger partial charge on any atom is 0.0644 e. The number of hydrogen-bond donors (Lipinski definition) is 1. The molecule has 0 bridgehead atoms. The molecule has 3 heteroatoms. The lowest BCUT2D eigenvalue weighted by molar-refractivity contribution is 0.0707. The van der Waals surface area contributed by atoms with E-state index in [1.54, 1.807) is 0 Å². The zero-order chi connectivity index (χ0) is 7.73. The van der Waals surface area contributed by atoms with E-state index >= 15 is 0 Å². The minimum atomic E-state index is 0. The van der Waals surface area contributed by atoms with E-state index in [0.29, 0.717) is 11.5 Å². The minimum absolute atomic E-state index is 0. The van der Waals surface area contributed by atoms with Crippen molar-refractivity contribution in [3.63, 3.8) is 0 Å². The topological polar surface area (TPSA) is 21.3 Å². The van der Waals surface area contributed by atoms with Gasteiger partial charge in [-0.25, -0.2) is 0 Å². The van der Waals surface area contributed by atoms with E-state index < -0.39 is 0 Å². The molecule has 1 saturated carbocycles. The zero-order valence-corrected chi connectivity index (χ0v) is 8.45. The van der Waals surface area contributed by atoms with Crippen molar-refractivity contribution in [2.75, 3.05) is 20.2 Å². The second-order valence-corrected chi connectivity index (χ2v) is 3.89. The maximum atomic E-state index is 5.69. The summed E-state index contributed by atoms with van der Waals surface area (Å²) in [6.45, 7) is 2.14. The van der Waals surface area contributed by atoms with E-state index in [1.165, 1.54) is 25.7 Å². The largest absolute Gasteiger partial charge is 0.378 e. The van der Waals surface area contributed by atoms with E-state index in [4.69, 9.17) is 4.74 Å². The molecule has 1 heterocycles. The maximum absolute atomic E-state index is 5.69. The minimum Gasteiger partial charge on any atom is -0.378 e. The van der Waals surface area contributed by atoms with Gasteiger partial charge in [0.25, 0.3) is 0 Å². The summed E-state index contributed by atoms with van der Waals surface area (Å²) in [5, 5.41) is 3.29. The lowest BCUT2D eigenvalue weighted by Gasteiger charge is -2.26. The smallest absolute Gasteiger partial charge is 0.0644 e. The summed E-state index contributed by atoms with van der Waals surface area (Å²) in [6.07, 6.45) is 5.89. The Kier molecular flexibility index (Phi) is 3.38. The predicted octanol–water partition coefficient (Wildman–Crippen LogP) is 1.59. The molecule has 12 heavy (non-hydrogen) atoms. The van der Waals surface area contributed by atoms with Crippen LogP contribution in [-0.4, -0.2) is 26.3 Å². The third kappa shape index (κ3) is 1.48. The summed E-state index contributed by atoms with van der Waals surface area (Å²) in [5.74, 6) is 0. The Morgan fingerprint density at radius 3 is 3.08 bits per heavy atom. The molecule has 2 aliphatic rings. The Morgan fingerprint density at radius 2 is 2.33 bits per heavy atom. The number of nitrogens with one attached hydrogen (secondary N) is 1. The van der Waals surface area contributed by atoms with Crippen LogP contribution < -0.4 is 5.32 Å². The molecule has 0 aromatic rings. The van der Waals surface area contributed by atoms with Gasteiger partial charge in [0.15, 0.2) is 0 Å². The van der Waals surface area contributed by atoms with Gasteiger partial charge >= 0.3 is 0 Å². The summed E-state index contributed by atoms with van der Waals surface area (Å²) in [5.41, 5.74) is 0.523. The SMILES string of the molecule is CNC[C@]12CCC[C@H]1OCC2.Cl. The summed E-state index contributed by atoms with van der Waals surface area (Å²) in [4.78, 5) is 0. The van der Waals surface area contributed by atoms with E-state index in [-0.39, 0.29) is 12.4 Å². The van der Waals surface area contributed by atoms with Gasteiger partial charge < -0.3 is 10.1 Å². The van der Waals surface area contributed by atoms with Crippen LogP contribution in [0.3, 0.4) is 0 Å². The molecular formula is C9H18ClNO. The third-order valence-corrected chi connectivity index (χ3v) is 3.27. The van der Waals surface area contributed by atoms with Crippen LogP contribution in [-0.2, 0) is 4.74 Å². The summed E-state index contributed by atoms with van der Waals surface area (Å²) >= 11 is 0. The van der Waals surface area contributed by atoms with Crippen molar-refractivity contribution < 1.29 is 4.74 Å². The number of halogens is 1. The molecule has 2 fully saturated rings. The van der Waals surface area contributed by atoms with Crippen molar-refractivity contribution in [1.29, 1.82) is 0 Å². The first kappa shape index (κ1) is 10.3. The third-order valence-electron chi connectivity index (χ3n) is 3.27.